The Morgan fingerprint density at radius 1 is 1.46 bits per heavy atom. The zero-order valence-corrected chi connectivity index (χ0v) is 10.4. The first-order valence-corrected chi connectivity index (χ1v) is 7.20. The Hall–Kier alpha value is 0.460. The van der Waals surface area contributed by atoms with Crippen LogP contribution in [0.25, 0.3) is 0 Å². The van der Waals surface area contributed by atoms with E-state index in [-0.39, 0.29) is 4.75 Å². The van der Waals surface area contributed by atoms with E-state index in [0.717, 1.165) is 23.5 Å². The Labute approximate surface area is 93.4 Å². The number of carbonyl (C=O) groups is 1. The third-order valence-electron chi connectivity index (χ3n) is 2.50. The van der Waals surface area contributed by atoms with Crippen LogP contribution in [0, 0.1) is 0 Å². The lowest BCUT2D eigenvalue weighted by molar-refractivity contribution is -0.120. The summed E-state index contributed by atoms with van der Waals surface area (Å²) in [6.45, 7) is 0. The summed E-state index contributed by atoms with van der Waals surface area (Å²) in [5.41, 5.74) is 0. The lowest BCUT2D eigenvalue weighted by Gasteiger charge is -2.33. The van der Waals surface area contributed by atoms with E-state index in [1.807, 2.05) is 12.5 Å². The molecule has 0 aromatic carbocycles. The molecule has 1 atom stereocenters. The average molecular weight is 234 g/mol. The van der Waals surface area contributed by atoms with Gasteiger partial charge >= 0.3 is 0 Å². The first-order valence-electron chi connectivity index (χ1n) is 4.34. The van der Waals surface area contributed by atoms with E-state index < -0.39 is 0 Å². The van der Waals surface area contributed by atoms with E-state index in [2.05, 4.69) is 0 Å². The highest BCUT2D eigenvalue weighted by molar-refractivity contribution is 8.25. The summed E-state index contributed by atoms with van der Waals surface area (Å²) < 4.78 is 0.525. The lowest BCUT2D eigenvalue weighted by Crippen LogP contribution is -2.43. The molecule has 0 aromatic rings. The van der Waals surface area contributed by atoms with Crippen molar-refractivity contribution in [3.8, 4) is 0 Å². The van der Waals surface area contributed by atoms with E-state index in [9.17, 15) is 4.79 Å². The van der Waals surface area contributed by atoms with E-state index in [4.69, 9.17) is 12.2 Å². The molecule has 1 unspecified atom stereocenters. The summed E-state index contributed by atoms with van der Waals surface area (Å²) >= 11 is 8.46. The quantitative estimate of drug-likeness (QED) is 0.683. The normalized spacial score (nSPS) is 28.9. The first kappa shape index (κ1) is 11.5. The third kappa shape index (κ3) is 2.10. The molecule has 1 fully saturated rings. The second-order valence-electron chi connectivity index (χ2n) is 3.15. The molecule has 13 heavy (non-hydrogen) atoms. The summed E-state index contributed by atoms with van der Waals surface area (Å²) in [5.74, 6) is 0.339. The van der Waals surface area contributed by atoms with Gasteiger partial charge in [0.05, 0.1) is 4.20 Å². The van der Waals surface area contributed by atoms with Gasteiger partial charge in [-0.05, 0) is 25.4 Å². The van der Waals surface area contributed by atoms with Crippen LogP contribution in [0.15, 0.2) is 0 Å². The van der Waals surface area contributed by atoms with Gasteiger partial charge in [0.25, 0.3) is 0 Å². The van der Waals surface area contributed by atoms with Crippen molar-refractivity contribution in [3.05, 3.63) is 0 Å². The van der Waals surface area contributed by atoms with Crippen molar-refractivity contribution in [1.82, 2.24) is 0 Å². The second-order valence-corrected chi connectivity index (χ2v) is 5.74. The van der Waals surface area contributed by atoms with Gasteiger partial charge in [-0.1, -0.05) is 18.6 Å². The van der Waals surface area contributed by atoms with E-state index >= 15 is 0 Å². The molecular weight excluding hydrogens is 220 g/mol. The number of thioether (sulfide) groups is 2. The van der Waals surface area contributed by atoms with Gasteiger partial charge < -0.3 is 0 Å². The molecule has 1 nitrogen and oxygen atoms in total. The van der Waals surface area contributed by atoms with Gasteiger partial charge in [-0.3, -0.25) is 4.79 Å². The fraction of sp³-hybridized carbons (Fsp3) is 0.778. The monoisotopic (exact) mass is 234 g/mol. The van der Waals surface area contributed by atoms with Gasteiger partial charge in [0.1, 0.15) is 4.75 Å². The Kier molecular flexibility index (Phi) is 4.26. The third-order valence-corrected chi connectivity index (χ3v) is 5.66. The highest BCUT2D eigenvalue weighted by atomic mass is 32.2. The highest BCUT2D eigenvalue weighted by Crippen LogP contribution is 2.39. The van der Waals surface area contributed by atoms with Gasteiger partial charge in [-0.2, -0.15) is 0 Å². The minimum Gasteiger partial charge on any atom is -0.298 e. The van der Waals surface area contributed by atoms with E-state index in [0.29, 0.717) is 12.2 Å². The van der Waals surface area contributed by atoms with Gasteiger partial charge in [-0.15, -0.1) is 23.5 Å². The van der Waals surface area contributed by atoms with Crippen LogP contribution in [-0.2, 0) is 4.79 Å². The van der Waals surface area contributed by atoms with Gasteiger partial charge in [-0.25, -0.2) is 0 Å². The minimum absolute atomic E-state index is 0.339. The van der Waals surface area contributed by atoms with Crippen molar-refractivity contribution >= 4 is 45.7 Å². The lowest BCUT2D eigenvalue weighted by atomic mass is 9.88. The predicted molar refractivity (Wildman–Crippen MR) is 65.8 cm³/mol. The molecule has 0 aromatic heterocycles. The summed E-state index contributed by atoms with van der Waals surface area (Å²) in [7, 11) is 0. The Balaban J connectivity index is 2.88. The summed E-state index contributed by atoms with van der Waals surface area (Å²) in [4.78, 5) is 11.8. The summed E-state index contributed by atoms with van der Waals surface area (Å²) in [6.07, 6.45) is 7.77. The van der Waals surface area contributed by atoms with Crippen molar-refractivity contribution in [2.45, 2.75) is 30.4 Å². The van der Waals surface area contributed by atoms with Gasteiger partial charge in [0, 0.05) is 6.42 Å². The van der Waals surface area contributed by atoms with Crippen LogP contribution in [0.3, 0.4) is 0 Å². The molecule has 1 rings (SSSR count). The zero-order valence-electron chi connectivity index (χ0n) is 7.96. The maximum atomic E-state index is 11.8. The molecule has 0 saturated heterocycles. The molecule has 0 heterocycles. The topological polar surface area (TPSA) is 17.1 Å². The number of hydrogen-bond acceptors (Lipinski definition) is 4. The average Bonchev–Trinajstić information content (AvgIpc) is 2.18. The number of Topliss-reactive ketones (excluding diaryl/α,β-unsaturated/α-hetero) is 1. The van der Waals surface area contributed by atoms with Crippen LogP contribution in [0.1, 0.15) is 25.7 Å². The Bertz CT molecular complexity index is 217. The SMILES string of the molecule is CSC(=S)C1(SC)CCCCC1=O. The maximum absolute atomic E-state index is 11.8. The predicted octanol–water partition coefficient (Wildman–Crippen LogP) is 2.92. The first-order chi connectivity index (χ1) is 6.17. The Morgan fingerprint density at radius 3 is 2.62 bits per heavy atom. The largest absolute Gasteiger partial charge is 0.298 e. The number of hydrogen-bond donors (Lipinski definition) is 0. The van der Waals surface area contributed by atoms with Gasteiger partial charge in [0.2, 0.25) is 0 Å². The summed E-state index contributed by atoms with van der Waals surface area (Å²) in [5, 5.41) is 0. The molecule has 74 valence electrons. The second kappa shape index (κ2) is 4.80. The van der Waals surface area contributed by atoms with Crippen molar-refractivity contribution in [3.63, 3.8) is 0 Å². The van der Waals surface area contributed by atoms with Crippen LogP contribution in [0.2, 0.25) is 0 Å². The molecule has 1 aliphatic rings. The molecular formula is C9H14OS3. The van der Waals surface area contributed by atoms with Crippen molar-refractivity contribution < 1.29 is 4.79 Å². The van der Waals surface area contributed by atoms with Crippen LogP contribution in [-0.4, -0.2) is 27.2 Å². The molecule has 1 saturated carbocycles. The molecule has 0 amide bonds. The number of ketones is 1. The Morgan fingerprint density at radius 2 is 2.15 bits per heavy atom. The zero-order chi connectivity index (χ0) is 9.90. The number of thiocarbonyl (C=S) groups is 1. The fourth-order valence-corrected chi connectivity index (χ4v) is 4.04. The molecule has 0 aliphatic heterocycles. The highest BCUT2D eigenvalue weighted by Gasteiger charge is 2.42. The minimum atomic E-state index is -0.340. The number of rotatable bonds is 2. The molecule has 0 N–H and O–H groups in total. The molecule has 0 bridgehead atoms. The smallest absolute Gasteiger partial charge is 0.154 e. The van der Waals surface area contributed by atoms with E-state index in [1.54, 1.807) is 23.5 Å². The van der Waals surface area contributed by atoms with Crippen molar-refractivity contribution in [2.75, 3.05) is 12.5 Å². The van der Waals surface area contributed by atoms with Crippen LogP contribution < -0.4 is 0 Å². The van der Waals surface area contributed by atoms with E-state index in [1.165, 1.54) is 0 Å². The van der Waals surface area contributed by atoms with Crippen LogP contribution >= 0.6 is 35.7 Å². The molecule has 1 aliphatic carbocycles. The summed E-state index contributed by atoms with van der Waals surface area (Å²) in [6, 6.07) is 0. The van der Waals surface area contributed by atoms with Gasteiger partial charge in [0.15, 0.2) is 5.78 Å². The molecule has 0 radical (unpaired) electrons. The van der Waals surface area contributed by atoms with Crippen molar-refractivity contribution in [1.29, 1.82) is 0 Å². The standard InChI is InChI=1S/C9H14OS3/c1-12-8(11)9(13-2)6-4-3-5-7(9)10/h3-6H2,1-2H3. The molecule has 0 spiro atoms. The number of carbonyl (C=O) groups excluding carboxylic acids is 1. The van der Waals surface area contributed by atoms with Crippen LogP contribution in [0.5, 0.6) is 0 Å². The molecule has 4 heteroatoms. The fourth-order valence-electron chi connectivity index (χ4n) is 1.68. The van der Waals surface area contributed by atoms with Crippen LogP contribution in [0.4, 0.5) is 0 Å². The maximum Gasteiger partial charge on any atom is 0.154 e. The van der Waals surface area contributed by atoms with Crippen molar-refractivity contribution in [2.24, 2.45) is 0 Å².